The second-order valence-corrected chi connectivity index (χ2v) is 7.65. The number of rotatable bonds is 9. The van der Waals surface area contributed by atoms with Crippen molar-refractivity contribution in [2.24, 2.45) is 0 Å². The van der Waals surface area contributed by atoms with Crippen molar-refractivity contribution < 1.29 is 22.7 Å². The van der Waals surface area contributed by atoms with Crippen molar-refractivity contribution in [3.05, 3.63) is 76.7 Å². The predicted molar refractivity (Wildman–Crippen MR) is 106 cm³/mol. The van der Waals surface area contributed by atoms with E-state index in [-0.39, 0.29) is 0 Å². The number of benzene rings is 2. The number of carbonyl (C=O) groups is 2. The molecule has 148 valence electrons. The lowest BCUT2D eigenvalue weighted by atomic mass is 10.2. The molecule has 0 bridgehead atoms. The lowest BCUT2D eigenvalue weighted by Gasteiger charge is -2.07. The molecule has 0 radical (unpaired) electrons. The third kappa shape index (κ3) is 8.15. The average Bonchev–Trinajstić information content (AvgIpc) is 2.69. The number of carbonyl (C=O) groups excluding carboxylic acids is 2. The summed E-state index contributed by atoms with van der Waals surface area (Å²) < 4.78 is 30.6. The number of sulfonamides is 1. The molecule has 0 unspecified atom stereocenters. The van der Waals surface area contributed by atoms with Gasteiger partial charge in [-0.25, -0.2) is 13.1 Å². The molecule has 0 fully saturated rings. The fourth-order valence-corrected chi connectivity index (χ4v) is 2.85. The van der Waals surface area contributed by atoms with Gasteiger partial charge < -0.3 is 10.1 Å². The third-order valence-electron chi connectivity index (χ3n) is 3.63. The Morgan fingerprint density at radius 3 is 2.39 bits per heavy atom. The minimum atomic E-state index is -3.80. The molecule has 0 aliphatic heterocycles. The van der Waals surface area contributed by atoms with Crippen molar-refractivity contribution in [2.75, 3.05) is 13.2 Å². The van der Waals surface area contributed by atoms with Crippen LogP contribution in [-0.4, -0.2) is 33.4 Å². The van der Waals surface area contributed by atoms with E-state index in [9.17, 15) is 18.0 Å². The maximum atomic E-state index is 11.9. The number of aryl methyl sites for hydroxylation is 1. The summed E-state index contributed by atoms with van der Waals surface area (Å²) >= 11 is 0. The van der Waals surface area contributed by atoms with E-state index in [1.807, 2.05) is 49.4 Å². The van der Waals surface area contributed by atoms with Crippen molar-refractivity contribution in [1.82, 2.24) is 10.0 Å². The highest BCUT2D eigenvalue weighted by molar-refractivity contribution is 7.92. The number of hydrogen-bond donors (Lipinski definition) is 2. The summed E-state index contributed by atoms with van der Waals surface area (Å²) in [6.07, 6.45) is 1.42. The molecule has 0 saturated heterocycles. The zero-order chi connectivity index (χ0) is 20.4. The molecule has 0 aliphatic rings. The Labute approximate surface area is 164 Å². The highest BCUT2D eigenvalue weighted by Gasteiger charge is 2.11. The first kappa shape index (κ1) is 21.3. The number of ether oxygens (including phenoxy) is 1. The summed E-state index contributed by atoms with van der Waals surface area (Å²) in [5.74, 6) is -1.32. The van der Waals surface area contributed by atoms with E-state index in [2.05, 4.69) is 10.0 Å². The van der Waals surface area contributed by atoms with E-state index >= 15 is 0 Å². The fourth-order valence-electron chi connectivity index (χ4n) is 2.10. The zero-order valence-electron chi connectivity index (χ0n) is 15.4. The summed E-state index contributed by atoms with van der Waals surface area (Å²) in [7, 11) is -3.80. The Morgan fingerprint density at radius 1 is 1.04 bits per heavy atom. The van der Waals surface area contributed by atoms with Gasteiger partial charge >= 0.3 is 5.97 Å². The van der Waals surface area contributed by atoms with Gasteiger partial charge in [0, 0.05) is 12.0 Å². The van der Waals surface area contributed by atoms with Crippen LogP contribution in [-0.2, 0) is 30.9 Å². The van der Waals surface area contributed by atoms with E-state index in [0.29, 0.717) is 12.1 Å². The first-order chi connectivity index (χ1) is 13.3. The normalized spacial score (nSPS) is 11.3. The van der Waals surface area contributed by atoms with E-state index in [1.54, 1.807) is 12.1 Å². The summed E-state index contributed by atoms with van der Waals surface area (Å²) in [4.78, 5) is 23.3. The molecule has 0 spiro atoms. The molecule has 0 saturated carbocycles. The molecule has 0 aliphatic carbocycles. The van der Waals surface area contributed by atoms with Gasteiger partial charge in [-0.3, -0.25) is 9.59 Å². The number of amides is 1. The average molecular weight is 402 g/mol. The summed E-state index contributed by atoms with van der Waals surface area (Å²) in [6, 6.07) is 16.6. The summed E-state index contributed by atoms with van der Waals surface area (Å²) in [6.45, 7) is 1.20. The van der Waals surface area contributed by atoms with Gasteiger partial charge in [-0.1, -0.05) is 60.2 Å². The van der Waals surface area contributed by atoms with Crippen molar-refractivity contribution in [3.63, 3.8) is 0 Å². The smallest absolute Gasteiger partial charge is 0.321 e. The van der Waals surface area contributed by atoms with Crippen LogP contribution in [0.2, 0.25) is 0 Å². The molecular formula is C20H22N2O5S. The van der Waals surface area contributed by atoms with E-state index in [0.717, 1.165) is 16.5 Å². The van der Waals surface area contributed by atoms with Gasteiger partial charge in [-0.2, -0.15) is 0 Å². The summed E-state index contributed by atoms with van der Waals surface area (Å²) in [5, 5.41) is 3.57. The lowest BCUT2D eigenvalue weighted by molar-refractivity contribution is -0.147. The Kier molecular flexibility index (Phi) is 7.91. The van der Waals surface area contributed by atoms with Crippen LogP contribution in [0, 0.1) is 6.92 Å². The van der Waals surface area contributed by atoms with Crippen LogP contribution in [0.1, 0.15) is 16.7 Å². The Bertz CT molecular complexity index is 923. The van der Waals surface area contributed by atoms with Crippen LogP contribution in [0.5, 0.6) is 0 Å². The maximum Gasteiger partial charge on any atom is 0.321 e. The number of nitrogens with one attached hydrogen (secondary N) is 2. The van der Waals surface area contributed by atoms with Gasteiger partial charge in [0.1, 0.15) is 6.54 Å². The van der Waals surface area contributed by atoms with Crippen LogP contribution >= 0.6 is 0 Å². The van der Waals surface area contributed by atoms with Crippen LogP contribution in [0.15, 0.2) is 60.0 Å². The van der Waals surface area contributed by atoms with Gasteiger partial charge in [0.15, 0.2) is 6.61 Å². The van der Waals surface area contributed by atoms with E-state index < -0.39 is 35.1 Å². The molecule has 7 nitrogen and oxygen atoms in total. The van der Waals surface area contributed by atoms with Gasteiger partial charge in [0.25, 0.3) is 5.91 Å². The molecule has 1 amide bonds. The van der Waals surface area contributed by atoms with E-state index in [1.165, 1.54) is 6.08 Å². The van der Waals surface area contributed by atoms with Crippen LogP contribution in [0.25, 0.3) is 6.08 Å². The minimum absolute atomic E-state index is 0.313. The first-order valence-corrected chi connectivity index (χ1v) is 10.1. The highest BCUT2D eigenvalue weighted by atomic mass is 32.2. The fraction of sp³-hybridized carbons (Fsp3) is 0.200. The molecule has 8 heteroatoms. The number of hydrogen-bond acceptors (Lipinski definition) is 5. The van der Waals surface area contributed by atoms with Crippen molar-refractivity contribution >= 4 is 28.0 Å². The predicted octanol–water partition coefficient (Wildman–Crippen LogP) is 1.74. The van der Waals surface area contributed by atoms with E-state index in [4.69, 9.17) is 4.74 Å². The first-order valence-electron chi connectivity index (χ1n) is 8.55. The highest BCUT2D eigenvalue weighted by Crippen LogP contribution is 2.06. The van der Waals surface area contributed by atoms with Crippen LogP contribution < -0.4 is 10.0 Å². The third-order valence-corrected chi connectivity index (χ3v) is 4.67. The lowest BCUT2D eigenvalue weighted by Crippen LogP contribution is -2.33. The summed E-state index contributed by atoms with van der Waals surface area (Å²) in [5.41, 5.74) is 2.69. The Hall–Kier alpha value is -2.97. The van der Waals surface area contributed by atoms with Gasteiger partial charge in [0.05, 0.1) is 0 Å². The number of esters is 1. The molecule has 0 heterocycles. The van der Waals surface area contributed by atoms with Crippen LogP contribution in [0.4, 0.5) is 0 Å². The molecule has 0 aromatic heterocycles. The SMILES string of the molecule is Cc1ccc(C=CS(=O)(=O)NCC(=O)OCC(=O)NCc2ccccc2)cc1. The largest absolute Gasteiger partial charge is 0.455 e. The molecule has 2 aromatic rings. The Balaban J connectivity index is 1.70. The minimum Gasteiger partial charge on any atom is -0.455 e. The second kappa shape index (κ2) is 10.4. The second-order valence-electron chi connectivity index (χ2n) is 6.00. The zero-order valence-corrected chi connectivity index (χ0v) is 16.2. The maximum absolute atomic E-state index is 11.9. The monoisotopic (exact) mass is 402 g/mol. The van der Waals surface area contributed by atoms with Crippen molar-refractivity contribution in [1.29, 1.82) is 0 Å². The molecule has 2 rings (SSSR count). The molecule has 2 N–H and O–H groups in total. The van der Waals surface area contributed by atoms with Gasteiger partial charge in [-0.05, 0) is 24.1 Å². The molecule has 0 atom stereocenters. The van der Waals surface area contributed by atoms with Crippen molar-refractivity contribution in [2.45, 2.75) is 13.5 Å². The van der Waals surface area contributed by atoms with Gasteiger partial charge in [-0.15, -0.1) is 0 Å². The molecular weight excluding hydrogens is 380 g/mol. The topological polar surface area (TPSA) is 102 Å². The van der Waals surface area contributed by atoms with Gasteiger partial charge in [0.2, 0.25) is 10.0 Å². The Morgan fingerprint density at radius 2 is 1.71 bits per heavy atom. The van der Waals surface area contributed by atoms with Crippen molar-refractivity contribution in [3.8, 4) is 0 Å². The van der Waals surface area contributed by atoms with Crippen LogP contribution in [0.3, 0.4) is 0 Å². The molecule has 2 aromatic carbocycles. The quantitative estimate of drug-likeness (QED) is 0.622. The molecule has 28 heavy (non-hydrogen) atoms. The standard InChI is InChI=1S/C20H22N2O5S/c1-16-7-9-17(10-8-16)11-12-28(25,26)22-14-20(24)27-15-19(23)21-13-18-5-3-2-4-6-18/h2-12,22H,13-15H2,1H3,(H,21,23).